The summed E-state index contributed by atoms with van der Waals surface area (Å²) in [6.45, 7) is 4.23. The van der Waals surface area contributed by atoms with Gasteiger partial charge in [0.2, 0.25) is 0 Å². The standard InChI is InChI=1S/C8H13F3O/c1-5(2)7(12)4-6(3)8(9,10)11/h5-6H,4H2,1-3H3/t6-/m0/s1. The van der Waals surface area contributed by atoms with E-state index in [0.29, 0.717) is 0 Å². The number of hydrogen-bond acceptors (Lipinski definition) is 1. The Kier molecular flexibility index (Phi) is 3.74. The topological polar surface area (TPSA) is 17.1 Å². The van der Waals surface area contributed by atoms with E-state index in [-0.39, 0.29) is 11.7 Å². The van der Waals surface area contributed by atoms with Gasteiger partial charge >= 0.3 is 6.18 Å². The van der Waals surface area contributed by atoms with Crippen LogP contribution in [0.5, 0.6) is 0 Å². The summed E-state index contributed by atoms with van der Waals surface area (Å²) in [6, 6.07) is 0. The largest absolute Gasteiger partial charge is 0.391 e. The molecule has 72 valence electrons. The SMILES string of the molecule is CC(C)C(=O)C[C@H](C)C(F)(F)F. The van der Waals surface area contributed by atoms with Crippen LogP contribution in [0, 0.1) is 11.8 Å². The predicted molar refractivity (Wildman–Crippen MR) is 39.7 cm³/mol. The summed E-state index contributed by atoms with van der Waals surface area (Å²) in [7, 11) is 0. The summed E-state index contributed by atoms with van der Waals surface area (Å²) in [4.78, 5) is 10.9. The van der Waals surface area contributed by atoms with E-state index >= 15 is 0 Å². The van der Waals surface area contributed by atoms with Gasteiger partial charge in [-0.2, -0.15) is 13.2 Å². The Balaban J connectivity index is 4.02. The monoisotopic (exact) mass is 182 g/mol. The van der Waals surface area contributed by atoms with Gasteiger partial charge in [0, 0.05) is 12.3 Å². The highest BCUT2D eigenvalue weighted by Gasteiger charge is 2.37. The van der Waals surface area contributed by atoms with Crippen LogP contribution >= 0.6 is 0 Å². The van der Waals surface area contributed by atoms with E-state index in [0.717, 1.165) is 6.92 Å². The predicted octanol–water partition coefficient (Wildman–Crippen LogP) is 2.80. The fourth-order valence-electron chi connectivity index (χ4n) is 0.653. The molecule has 0 aliphatic rings. The number of carbonyl (C=O) groups is 1. The van der Waals surface area contributed by atoms with Gasteiger partial charge in [-0.05, 0) is 0 Å². The molecule has 12 heavy (non-hydrogen) atoms. The summed E-state index contributed by atoms with van der Waals surface area (Å²) >= 11 is 0. The minimum Gasteiger partial charge on any atom is -0.299 e. The second-order valence-corrected chi connectivity index (χ2v) is 3.27. The van der Waals surface area contributed by atoms with Gasteiger partial charge in [-0.25, -0.2) is 0 Å². The second-order valence-electron chi connectivity index (χ2n) is 3.27. The van der Waals surface area contributed by atoms with Crippen LogP contribution in [0.4, 0.5) is 13.2 Å². The number of halogens is 3. The third-order valence-electron chi connectivity index (χ3n) is 1.71. The fraction of sp³-hybridized carbons (Fsp3) is 0.875. The Morgan fingerprint density at radius 1 is 1.25 bits per heavy atom. The highest BCUT2D eigenvalue weighted by molar-refractivity contribution is 5.80. The normalized spacial score (nSPS) is 14.9. The summed E-state index contributed by atoms with van der Waals surface area (Å²) in [5, 5.41) is 0. The fourth-order valence-corrected chi connectivity index (χ4v) is 0.653. The molecule has 0 aliphatic heterocycles. The van der Waals surface area contributed by atoms with E-state index in [1.165, 1.54) is 0 Å². The quantitative estimate of drug-likeness (QED) is 0.655. The molecule has 0 aromatic carbocycles. The lowest BCUT2D eigenvalue weighted by Gasteiger charge is -2.15. The average Bonchev–Trinajstić information content (AvgIpc) is 1.85. The summed E-state index contributed by atoms with van der Waals surface area (Å²) in [5.74, 6) is -2.16. The van der Waals surface area contributed by atoms with Crippen molar-refractivity contribution in [3.63, 3.8) is 0 Å². The minimum atomic E-state index is -4.25. The molecule has 0 saturated carbocycles. The molecule has 0 saturated heterocycles. The van der Waals surface area contributed by atoms with Crippen LogP contribution < -0.4 is 0 Å². The molecule has 1 nitrogen and oxygen atoms in total. The van der Waals surface area contributed by atoms with E-state index in [9.17, 15) is 18.0 Å². The van der Waals surface area contributed by atoms with Crippen molar-refractivity contribution in [2.45, 2.75) is 33.4 Å². The maximum atomic E-state index is 11.9. The molecule has 0 aliphatic carbocycles. The minimum absolute atomic E-state index is 0.310. The van der Waals surface area contributed by atoms with Crippen molar-refractivity contribution in [2.75, 3.05) is 0 Å². The molecule has 0 radical (unpaired) electrons. The van der Waals surface area contributed by atoms with Gasteiger partial charge < -0.3 is 0 Å². The number of ketones is 1. The van der Waals surface area contributed by atoms with Crippen molar-refractivity contribution in [2.24, 2.45) is 11.8 Å². The number of alkyl halides is 3. The van der Waals surface area contributed by atoms with E-state index < -0.39 is 18.5 Å². The van der Waals surface area contributed by atoms with Gasteiger partial charge in [0.25, 0.3) is 0 Å². The van der Waals surface area contributed by atoms with Gasteiger partial charge in [0.1, 0.15) is 5.78 Å². The van der Waals surface area contributed by atoms with Crippen LogP contribution in [-0.4, -0.2) is 12.0 Å². The Bertz CT molecular complexity index is 160. The molecule has 0 bridgehead atoms. The lowest BCUT2D eigenvalue weighted by Crippen LogP contribution is -2.24. The van der Waals surface area contributed by atoms with Crippen LogP contribution in [0.15, 0.2) is 0 Å². The molecule has 0 heterocycles. The molecule has 0 unspecified atom stereocenters. The van der Waals surface area contributed by atoms with E-state index in [1.54, 1.807) is 13.8 Å². The molecule has 1 atom stereocenters. The molecule has 0 amide bonds. The van der Waals surface area contributed by atoms with Crippen molar-refractivity contribution < 1.29 is 18.0 Å². The molecule has 0 spiro atoms. The smallest absolute Gasteiger partial charge is 0.299 e. The molecule has 0 aromatic heterocycles. The van der Waals surface area contributed by atoms with Crippen LogP contribution in [0.25, 0.3) is 0 Å². The lowest BCUT2D eigenvalue weighted by molar-refractivity contribution is -0.174. The first kappa shape index (κ1) is 11.5. The second kappa shape index (κ2) is 3.92. The Morgan fingerprint density at radius 3 is 1.92 bits per heavy atom. The third-order valence-corrected chi connectivity index (χ3v) is 1.71. The van der Waals surface area contributed by atoms with Crippen molar-refractivity contribution in [3.05, 3.63) is 0 Å². The molecule has 0 fully saturated rings. The van der Waals surface area contributed by atoms with Crippen molar-refractivity contribution in [1.29, 1.82) is 0 Å². The van der Waals surface area contributed by atoms with Gasteiger partial charge in [-0.1, -0.05) is 20.8 Å². The summed E-state index contributed by atoms with van der Waals surface area (Å²) in [6.07, 6.45) is -4.65. The Hall–Kier alpha value is -0.540. The zero-order valence-electron chi connectivity index (χ0n) is 7.40. The van der Waals surface area contributed by atoms with Crippen LogP contribution in [0.3, 0.4) is 0 Å². The average molecular weight is 182 g/mol. The van der Waals surface area contributed by atoms with E-state index in [2.05, 4.69) is 0 Å². The number of rotatable bonds is 3. The van der Waals surface area contributed by atoms with Gasteiger partial charge in [0.05, 0.1) is 5.92 Å². The highest BCUT2D eigenvalue weighted by atomic mass is 19.4. The van der Waals surface area contributed by atoms with Crippen LogP contribution in [0.1, 0.15) is 27.2 Å². The molecular formula is C8H13F3O. The molecular weight excluding hydrogens is 169 g/mol. The first-order valence-electron chi connectivity index (χ1n) is 3.84. The number of carbonyl (C=O) groups excluding carboxylic acids is 1. The zero-order valence-corrected chi connectivity index (χ0v) is 7.40. The van der Waals surface area contributed by atoms with E-state index in [1.807, 2.05) is 0 Å². The van der Waals surface area contributed by atoms with Crippen molar-refractivity contribution in [1.82, 2.24) is 0 Å². The maximum Gasteiger partial charge on any atom is 0.391 e. The van der Waals surface area contributed by atoms with Crippen LogP contribution in [-0.2, 0) is 4.79 Å². The zero-order chi connectivity index (χ0) is 9.94. The summed E-state index contributed by atoms with van der Waals surface area (Å²) in [5.41, 5.74) is 0. The Labute approximate surface area is 70.0 Å². The van der Waals surface area contributed by atoms with Crippen LogP contribution in [0.2, 0.25) is 0 Å². The number of hydrogen-bond donors (Lipinski definition) is 0. The lowest BCUT2D eigenvalue weighted by atomic mass is 9.98. The van der Waals surface area contributed by atoms with Crippen molar-refractivity contribution in [3.8, 4) is 0 Å². The van der Waals surface area contributed by atoms with Gasteiger partial charge in [0.15, 0.2) is 0 Å². The molecule has 0 rings (SSSR count). The first-order valence-corrected chi connectivity index (χ1v) is 3.84. The highest BCUT2D eigenvalue weighted by Crippen LogP contribution is 2.28. The number of Topliss-reactive ketones (excluding diaryl/α,β-unsaturated/α-hetero) is 1. The van der Waals surface area contributed by atoms with Gasteiger partial charge in [-0.15, -0.1) is 0 Å². The molecule has 0 aromatic rings. The van der Waals surface area contributed by atoms with Gasteiger partial charge in [-0.3, -0.25) is 4.79 Å². The first-order chi connectivity index (χ1) is 5.25. The third kappa shape index (κ3) is 3.74. The van der Waals surface area contributed by atoms with Crippen molar-refractivity contribution >= 4 is 5.78 Å². The molecule has 4 heteroatoms. The molecule has 0 N–H and O–H groups in total. The summed E-state index contributed by atoms with van der Waals surface area (Å²) < 4.78 is 35.8. The Morgan fingerprint density at radius 2 is 1.67 bits per heavy atom. The van der Waals surface area contributed by atoms with E-state index in [4.69, 9.17) is 0 Å². The maximum absolute atomic E-state index is 11.9.